The number of nitrogens with one attached hydrogen (secondary N) is 1. The van der Waals surface area contributed by atoms with Crippen molar-refractivity contribution in [3.63, 3.8) is 0 Å². The minimum Gasteiger partial charge on any atom is -0.472 e. The molecule has 0 unspecified atom stereocenters. The van der Waals surface area contributed by atoms with Gasteiger partial charge in [-0.2, -0.15) is 0 Å². The lowest BCUT2D eigenvalue weighted by Gasteiger charge is -2.19. The summed E-state index contributed by atoms with van der Waals surface area (Å²) in [7, 11) is 0. The van der Waals surface area contributed by atoms with Crippen LogP contribution in [0.15, 0.2) is 12.4 Å². The largest absolute Gasteiger partial charge is 0.472 e. The Morgan fingerprint density at radius 2 is 2.00 bits per heavy atom. The monoisotopic (exact) mass is 225 g/mol. The van der Waals surface area contributed by atoms with Crippen molar-refractivity contribution >= 4 is 5.82 Å². The molecule has 1 aromatic rings. The van der Waals surface area contributed by atoms with Gasteiger partial charge in [0.1, 0.15) is 0 Å². The molecular weight excluding hydrogens is 206 g/mol. The summed E-state index contributed by atoms with van der Waals surface area (Å²) in [5.74, 6) is 1.01. The van der Waals surface area contributed by atoms with Crippen LogP contribution in [0.3, 0.4) is 0 Å². The van der Waals surface area contributed by atoms with Gasteiger partial charge >= 0.3 is 0 Å². The van der Waals surface area contributed by atoms with E-state index in [1.807, 2.05) is 13.8 Å². The third-order valence-corrected chi connectivity index (χ3v) is 1.70. The second-order valence-corrected chi connectivity index (χ2v) is 4.54. The van der Waals surface area contributed by atoms with Gasteiger partial charge in [0, 0.05) is 18.9 Å². The third kappa shape index (κ3) is 4.44. The summed E-state index contributed by atoms with van der Waals surface area (Å²) in [5, 5.41) is 12.6. The van der Waals surface area contributed by atoms with E-state index in [1.165, 1.54) is 0 Å². The van der Waals surface area contributed by atoms with Crippen LogP contribution in [0.1, 0.15) is 27.7 Å². The molecule has 0 saturated heterocycles. The molecule has 0 aliphatic carbocycles. The van der Waals surface area contributed by atoms with Crippen molar-refractivity contribution in [3.05, 3.63) is 12.4 Å². The lowest BCUT2D eigenvalue weighted by molar-refractivity contribution is 0.0943. The van der Waals surface area contributed by atoms with Gasteiger partial charge in [-0.15, -0.1) is 0 Å². The Hall–Kier alpha value is -1.36. The van der Waals surface area contributed by atoms with Crippen LogP contribution >= 0.6 is 0 Å². The van der Waals surface area contributed by atoms with Crippen LogP contribution in [0, 0.1) is 0 Å². The van der Waals surface area contributed by atoms with E-state index in [9.17, 15) is 5.11 Å². The molecule has 0 fully saturated rings. The normalized spacial score (nSPS) is 11.6. The highest BCUT2D eigenvalue weighted by atomic mass is 16.5. The van der Waals surface area contributed by atoms with Crippen LogP contribution in [-0.4, -0.2) is 33.3 Å². The molecule has 0 bridgehead atoms. The lowest BCUT2D eigenvalue weighted by atomic mass is 10.1. The van der Waals surface area contributed by atoms with Crippen molar-refractivity contribution in [1.29, 1.82) is 0 Å². The van der Waals surface area contributed by atoms with Gasteiger partial charge in [0.15, 0.2) is 5.82 Å². The van der Waals surface area contributed by atoms with Crippen molar-refractivity contribution in [1.82, 2.24) is 9.97 Å². The maximum atomic E-state index is 9.60. The summed E-state index contributed by atoms with van der Waals surface area (Å²) in [5.41, 5.74) is -0.799. The Bertz CT molecular complexity index is 334. The molecule has 0 aromatic carbocycles. The number of nitrogens with zero attached hydrogens (tertiary/aromatic N) is 2. The standard InChI is InChI=1S/C11H19N3O2/c1-8(2)16-10-9(12-5-6-13-10)14-7-11(3,4)15/h5-6,8,15H,7H2,1-4H3,(H,12,14). The zero-order chi connectivity index (χ0) is 12.2. The fourth-order valence-corrected chi connectivity index (χ4v) is 1.06. The molecule has 5 nitrogen and oxygen atoms in total. The molecule has 1 rings (SSSR count). The number of rotatable bonds is 5. The van der Waals surface area contributed by atoms with Gasteiger partial charge in [0.05, 0.1) is 11.7 Å². The average molecular weight is 225 g/mol. The molecular formula is C11H19N3O2. The Balaban J connectivity index is 2.71. The van der Waals surface area contributed by atoms with Crippen molar-refractivity contribution in [3.8, 4) is 5.88 Å². The Morgan fingerprint density at radius 1 is 1.38 bits per heavy atom. The number of aromatic nitrogens is 2. The first-order valence-corrected chi connectivity index (χ1v) is 5.32. The summed E-state index contributed by atoms with van der Waals surface area (Å²) in [6, 6.07) is 0. The summed E-state index contributed by atoms with van der Waals surface area (Å²) in [4.78, 5) is 8.22. The number of aliphatic hydroxyl groups is 1. The van der Waals surface area contributed by atoms with Crippen LogP contribution in [0.5, 0.6) is 5.88 Å². The second kappa shape index (κ2) is 5.12. The summed E-state index contributed by atoms with van der Waals surface area (Å²) >= 11 is 0. The highest BCUT2D eigenvalue weighted by Gasteiger charge is 2.14. The van der Waals surface area contributed by atoms with E-state index in [-0.39, 0.29) is 6.10 Å². The minimum absolute atomic E-state index is 0.0411. The molecule has 0 spiro atoms. The van der Waals surface area contributed by atoms with Crippen LogP contribution in [0.25, 0.3) is 0 Å². The van der Waals surface area contributed by atoms with Gasteiger partial charge in [-0.05, 0) is 27.7 Å². The van der Waals surface area contributed by atoms with Crippen molar-refractivity contribution in [2.75, 3.05) is 11.9 Å². The van der Waals surface area contributed by atoms with Gasteiger partial charge in [-0.1, -0.05) is 0 Å². The van der Waals surface area contributed by atoms with E-state index in [2.05, 4.69) is 15.3 Å². The van der Waals surface area contributed by atoms with Crippen LogP contribution in [-0.2, 0) is 0 Å². The molecule has 16 heavy (non-hydrogen) atoms. The van der Waals surface area contributed by atoms with E-state index in [0.717, 1.165) is 0 Å². The fourth-order valence-electron chi connectivity index (χ4n) is 1.06. The summed E-state index contributed by atoms with van der Waals surface area (Å²) < 4.78 is 5.49. The van der Waals surface area contributed by atoms with E-state index in [0.29, 0.717) is 18.2 Å². The molecule has 0 atom stereocenters. The zero-order valence-electron chi connectivity index (χ0n) is 10.2. The molecule has 0 saturated carbocycles. The van der Waals surface area contributed by atoms with Gasteiger partial charge in [-0.25, -0.2) is 9.97 Å². The van der Waals surface area contributed by atoms with E-state index < -0.39 is 5.60 Å². The maximum Gasteiger partial charge on any atom is 0.257 e. The smallest absolute Gasteiger partial charge is 0.257 e. The molecule has 1 aromatic heterocycles. The highest BCUT2D eigenvalue weighted by Crippen LogP contribution is 2.19. The predicted octanol–water partition coefficient (Wildman–Crippen LogP) is 1.45. The van der Waals surface area contributed by atoms with Crippen molar-refractivity contribution in [2.45, 2.75) is 39.4 Å². The Labute approximate surface area is 95.9 Å². The fraction of sp³-hybridized carbons (Fsp3) is 0.636. The number of hydrogen-bond acceptors (Lipinski definition) is 5. The van der Waals surface area contributed by atoms with Crippen LogP contribution in [0.2, 0.25) is 0 Å². The molecule has 1 heterocycles. The number of ether oxygens (including phenoxy) is 1. The lowest BCUT2D eigenvalue weighted by Crippen LogP contribution is -2.30. The first-order valence-electron chi connectivity index (χ1n) is 5.32. The SMILES string of the molecule is CC(C)Oc1nccnc1NCC(C)(C)O. The Kier molecular flexibility index (Phi) is 4.06. The van der Waals surface area contributed by atoms with E-state index in [1.54, 1.807) is 26.2 Å². The molecule has 0 aliphatic heterocycles. The molecule has 0 aliphatic rings. The molecule has 0 amide bonds. The summed E-state index contributed by atoms with van der Waals surface area (Å²) in [6.07, 6.45) is 3.20. The molecule has 0 radical (unpaired) electrons. The van der Waals surface area contributed by atoms with Crippen LogP contribution in [0.4, 0.5) is 5.82 Å². The quantitative estimate of drug-likeness (QED) is 0.793. The maximum absolute atomic E-state index is 9.60. The first-order chi connectivity index (χ1) is 7.38. The average Bonchev–Trinajstić information content (AvgIpc) is 2.14. The highest BCUT2D eigenvalue weighted by molar-refractivity contribution is 5.44. The Morgan fingerprint density at radius 3 is 2.56 bits per heavy atom. The summed E-state index contributed by atoms with van der Waals surface area (Å²) in [6.45, 7) is 7.68. The van der Waals surface area contributed by atoms with Crippen molar-refractivity contribution in [2.24, 2.45) is 0 Å². The van der Waals surface area contributed by atoms with Crippen LogP contribution < -0.4 is 10.1 Å². The zero-order valence-corrected chi connectivity index (χ0v) is 10.2. The molecule has 5 heteroatoms. The second-order valence-electron chi connectivity index (χ2n) is 4.54. The third-order valence-electron chi connectivity index (χ3n) is 1.70. The molecule has 2 N–H and O–H groups in total. The number of anilines is 1. The minimum atomic E-state index is -0.799. The first kappa shape index (κ1) is 12.7. The topological polar surface area (TPSA) is 67.3 Å². The van der Waals surface area contributed by atoms with E-state index in [4.69, 9.17) is 4.74 Å². The predicted molar refractivity (Wildman–Crippen MR) is 62.6 cm³/mol. The molecule has 90 valence electrons. The van der Waals surface area contributed by atoms with Gasteiger partial charge in [0.25, 0.3) is 5.88 Å². The van der Waals surface area contributed by atoms with Gasteiger partial charge in [0.2, 0.25) is 0 Å². The van der Waals surface area contributed by atoms with Gasteiger partial charge < -0.3 is 15.2 Å². The van der Waals surface area contributed by atoms with Gasteiger partial charge in [-0.3, -0.25) is 0 Å². The van der Waals surface area contributed by atoms with Crippen molar-refractivity contribution < 1.29 is 9.84 Å². The number of hydrogen-bond donors (Lipinski definition) is 2. The van der Waals surface area contributed by atoms with E-state index >= 15 is 0 Å².